The van der Waals surface area contributed by atoms with Gasteiger partial charge in [0.1, 0.15) is 0 Å². The van der Waals surface area contributed by atoms with Gasteiger partial charge in [-0.1, -0.05) is 6.92 Å². The highest BCUT2D eigenvalue weighted by molar-refractivity contribution is 7.92. The number of alkyl halides is 3. The first-order valence-electron chi connectivity index (χ1n) is 5.29. The van der Waals surface area contributed by atoms with Crippen LogP contribution in [-0.2, 0) is 16.2 Å². The normalized spacial score (nSPS) is 12.2. The third-order valence-electron chi connectivity index (χ3n) is 2.12. The van der Waals surface area contributed by atoms with Crippen LogP contribution >= 0.6 is 0 Å². The summed E-state index contributed by atoms with van der Waals surface area (Å²) in [5.41, 5.74) is -2.39. The molecule has 0 amide bonds. The van der Waals surface area contributed by atoms with Crippen LogP contribution in [0, 0.1) is 10.1 Å². The summed E-state index contributed by atoms with van der Waals surface area (Å²) in [7, 11) is -3.89. The van der Waals surface area contributed by atoms with E-state index in [0.717, 1.165) is 0 Å². The van der Waals surface area contributed by atoms with Gasteiger partial charge in [0.2, 0.25) is 15.8 Å². The van der Waals surface area contributed by atoms with Gasteiger partial charge >= 0.3 is 11.9 Å². The highest BCUT2D eigenvalue weighted by Gasteiger charge is 2.34. The zero-order valence-electron chi connectivity index (χ0n) is 10.1. The Kier molecular flexibility index (Phi) is 4.53. The van der Waals surface area contributed by atoms with Crippen LogP contribution < -0.4 is 4.72 Å². The standard InChI is InChI=1S/C9H10F3N3O4S/c1-2-3-20(18,19)14-8-7(15(16)17)4-6(5-13-8)9(10,11)12/h4-5H,2-3H2,1H3,(H,13,14). The summed E-state index contributed by atoms with van der Waals surface area (Å²) in [6, 6.07) is 0.233. The fourth-order valence-corrected chi connectivity index (χ4v) is 2.38. The zero-order chi connectivity index (χ0) is 15.6. The van der Waals surface area contributed by atoms with Gasteiger partial charge in [-0.15, -0.1) is 0 Å². The Labute approximate surface area is 112 Å². The minimum atomic E-state index is -4.81. The van der Waals surface area contributed by atoms with Crippen molar-refractivity contribution < 1.29 is 26.5 Å². The highest BCUT2D eigenvalue weighted by atomic mass is 32.2. The van der Waals surface area contributed by atoms with Gasteiger partial charge in [0, 0.05) is 12.3 Å². The first-order valence-corrected chi connectivity index (χ1v) is 6.94. The summed E-state index contributed by atoms with van der Waals surface area (Å²) in [6.45, 7) is 1.56. The Bertz CT molecular complexity index is 615. The average Bonchev–Trinajstić information content (AvgIpc) is 2.26. The van der Waals surface area contributed by atoms with Crippen LogP contribution in [0.3, 0.4) is 0 Å². The molecule has 1 rings (SSSR count). The maximum Gasteiger partial charge on any atom is 0.418 e. The maximum atomic E-state index is 12.4. The number of hydrogen-bond acceptors (Lipinski definition) is 5. The third-order valence-corrected chi connectivity index (χ3v) is 3.57. The van der Waals surface area contributed by atoms with Gasteiger partial charge in [-0.3, -0.25) is 14.8 Å². The van der Waals surface area contributed by atoms with Crippen molar-refractivity contribution in [2.24, 2.45) is 0 Å². The molecule has 0 aliphatic heterocycles. The van der Waals surface area contributed by atoms with Crippen LogP contribution in [0.1, 0.15) is 18.9 Å². The van der Waals surface area contributed by atoms with Gasteiger partial charge < -0.3 is 0 Å². The SMILES string of the molecule is CCCS(=O)(=O)Nc1ncc(C(F)(F)F)cc1[N+](=O)[O-]. The predicted octanol–water partition coefficient (Wildman–Crippen LogP) is 2.16. The van der Waals surface area contributed by atoms with Crippen LogP contribution in [0.4, 0.5) is 24.7 Å². The first kappa shape index (κ1) is 16.1. The molecule has 1 aromatic rings. The molecule has 0 fully saturated rings. The van der Waals surface area contributed by atoms with Crippen molar-refractivity contribution in [1.29, 1.82) is 0 Å². The molecule has 0 aliphatic carbocycles. The Morgan fingerprint density at radius 2 is 2.05 bits per heavy atom. The van der Waals surface area contributed by atoms with Gasteiger partial charge in [-0.05, 0) is 6.42 Å². The Morgan fingerprint density at radius 1 is 1.45 bits per heavy atom. The molecule has 0 unspecified atom stereocenters. The van der Waals surface area contributed by atoms with Crippen molar-refractivity contribution in [3.8, 4) is 0 Å². The van der Waals surface area contributed by atoms with E-state index in [9.17, 15) is 31.7 Å². The molecule has 112 valence electrons. The van der Waals surface area contributed by atoms with Crippen LogP contribution in [-0.4, -0.2) is 24.1 Å². The molecule has 20 heavy (non-hydrogen) atoms. The quantitative estimate of drug-likeness (QED) is 0.663. The van der Waals surface area contributed by atoms with Crippen molar-refractivity contribution in [3.05, 3.63) is 27.9 Å². The van der Waals surface area contributed by atoms with Crippen molar-refractivity contribution in [2.75, 3.05) is 10.5 Å². The van der Waals surface area contributed by atoms with E-state index in [1.165, 1.54) is 0 Å². The molecule has 0 bridgehead atoms. The van der Waals surface area contributed by atoms with E-state index in [1.54, 1.807) is 11.6 Å². The third kappa shape index (κ3) is 4.05. The van der Waals surface area contributed by atoms with Gasteiger partial charge in [-0.2, -0.15) is 13.2 Å². The summed E-state index contributed by atoms with van der Waals surface area (Å²) in [5.74, 6) is -1.07. The smallest absolute Gasteiger partial charge is 0.262 e. The molecule has 0 saturated heterocycles. The maximum absolute atomic E-state index is 12.4. The van der Waals surface area contributed by atoms with E-state index >= 15 is 0 Å². The molecule has 1 heterocycles. The number of aromatic nitrogens is 1. The molecular formula is C9H10F3N3O4S. The fourth-order valence-electron chi connectivity index (χ4n) is 1.29. The van der Waals surface area contributed by atoms with Crippen LogP contribution in [0.25, 0.3) is 0 Å². The fraction of sp³-hybridized carbons (Fsp3) is 0.444. The van der Waals surface area contributed by atoms with E-state index in [1.807, 2.05) is 0 Å². The van der Waals surface area contributed by atoms with Crippen molar-refractivity contribution >= 4 is 21.5 Å². The largest absolute Gasteiger partial charge is 0.418 e. The summed E-state index contributed by atoms with van der Waals surface area (Å²) < 4.78 is 62.0. The molecule has 1 N–H and O–H groups in total. The monoisotopic (exact) mass is 313 g/mol. The van der Waals surface area contributed by atoms with Gasteiger partial charge in [0.25, 0.3) is 0 Å². The number of nitrogens with zero attached hydrogens (tertiary/aromatic N) is 2. The Morgan fingerprint density at radius 3 is 2.50 bits per heavy atom. The molecule has 0 atom stereocenters. The number of sulfonamides is 1. The highest BCUT2D eigenvalue weighted by Crippen LogP contribution is 2.33. The van der Waals surface area contributed by atoms with Crippen molar-refractivity contribution in [3.63, 3.8) is 0 Å². The second-order valence-electron chi connectivity index (χ2n) is 3.77. The van der Waals surface area contributed by atoms with E-state index in [0.29, 0.717) is 6.20 Å². The second-order valence-corrected chi connectivity index (χ2v) is 5.61. The molecular weight excluding hydrogens is 303 g/mol. The summed E-state index contributed by atoms with van der Waals surface area (Å²) in [4.78, 5) is 12.8. The van der Waals surface area contributed by atoms with Crippen LogP contribution in [0.5, 0.6) is 0 Å². The lowest BCUT2D eigenvalue weighted by molar-refractivity contribution is -0.384. The predicted molar refractivity (Wildman–Crippen MR) is 63.6 cm³/mol. The van der Waals surface area contributed by atoms with E-state index in [-0.39, 0.29) is 18.2 Å². The number of nitrogens with one attached hydrogen (secondary N) is 1. The lowest BCUT2D eigenvalue weighted by Gasteiger charge is -2.09. The zero-order valence-corrected chi connectivity index (χ0v) is 11.0. The molecule has 0 aliphatic rings. The number of hydrogen-bond donors (Lipinski definition) is 1. The Balaban J connectivity index is 3.25. The van der Waals surface area contributed by atoms with E-state index in [4.69, 9.17) is 0 Å². The van der Waals surface area contributed by atoms with Gasteiger partial charge in [-0.25, -0.2) is 13.4 Å². The molecule has 11 heteroatoms. The summed E-state index contributed by atoms with van der Waals surface area (Å²) >= 11 is 0. The number of rotatable bonds is 5. The van der Waals surface area contributed by atoms with Crippen LogP contribution in [0.2, 0.25) is 0 Å². The average molecular weight is 313 g/mol. The van der Waals surface area contributed by atoms with Crippen LogP contribution in [0.15, 0.2) is 12.3 Å². The Hall–Kier alpha value is -1.91. The lowest BCUT2D eigenvalue weighted by atomic mass is 10.2. The number of pyridine rings is 1. The number of nitro groups is 1. The second kappa shape index (κ2) is 5.61. The molecule has 0 spiro atoms. The lowest BCUT2D eigenvalue weighted by Crippen LogP contribution is -2.18. The van der Waals surface area contributed by atoms with Crippen molar-refractivity contribution in [2.45, 2.75) is 19.5 Å². The topological polar surface area (TPSA) is 102 Å². The molecule has 0 radical (unpaired) electrons. The summed E-state index contributed by atoms with van der Waals surface area (Å²) in [6.07, 6.45) is -4.24. The molecule has 1 aromatic heterocycles. The minimum Gasteiger partial charge on any atom is -0.262 e. The molecule has 0 saturated carbocycles. The molecule has 7 nitrogen and oxygen atoms in total. The van der Waals surface area contributed by atoms with Gasteiger partial charge in [0.15, 0.2) is 0 Å². The first-order chi connectivity index (χ1) is 9.07. The van der Waals surface area contributed by atoms with E-state index in [2.05, 4.69) is 4.98 Å². The molecule has 0 aromatic carbocycles. The number of anilines is 1. The van der Waals surface area contributed by atoms with Gasteiger partial charge in [0.05, 0.1) is 16.2 Å². The minimum absolute atomic E-state index is 0.233. The number of halogens is 3. The summed E-state index contributed by atoms with van der Waals surface area (Å²) in [5, 5.41) is 10.7. The van der Waals surface area contributed by atoms with E-state index < -0.39 is 38.2 Å². The van der Waals surface area contributed by atoms with Crippen molar-refractivity contribution in [1.82, 2.24) is 4.98 Å².